The van der Waals surface area contributed by atoms with Crippen LogP contribution in [0.5, 0.6) is 0 Å². The van der Waals surface area contributed by atoms with Gasteiger partial charge in [0.15, 0.2) is 0 Å². The second-order valence-electron chi connectivity index (χ2n) is 5.05. The Morgan fingerprint density at radius 2 is 2.19 bits per heavy atom. The highest BCUT2D eigenvalue weighted by molar-refractivity contribution is 4.80. The molecule has 1 aliphatic heterocycles. The van der Waals surface area contributed by atoms with E-state index < -0.39 is 0 Å². The lowest BCUT2D eigenvalue weighted by atomic mass is 9.94. The molecule has 0 aromatic carbocycles. The highest BCUT2D eigenvalue weighted by Gasteiger charge is 2.24. The van der Waals surface area contributed by atoms with Crippen LogP contribution in [0, 0.1) is 5.92 Å². The minimum atomic E-state index is 0.298. The van der Waals surface area contributed by atoms with Crippen LogP contribution in [0.2, 0.25) is 0 Å². The molecule has 1 aliphatic rings. The van der Waals surface area contributed by atoms with E-state index in [1.165, 1.54) is 12.8 Å². The second kappa shape index (κ2) is 7.25. The lowest BCUT2D eigenvalue weighted by molar-refractivity contribution is 0.0256. The van der Waals surface area contributed by atoms with Crippen molar-refractivity contribution in [3.05, 3.63) is 0 Å². The summed E-state index contributed by atoms with van der Waals surface area (Å²) in [5.41, 5.74) is 0. The molecule has 0 spiro atoms. The van der Waals surface area contributed by atoms with Gasteiger partial charge in [-0.15, -0.1) is 0 Å². The summed E-state index contributed by atoms with van der Waals surface area (Å²) in [4.78, 5) is 0. The smallest absolute Gasteiger partial charge is 0.0746 e. The minimum Gasteiger partial charge on any atom is -0.380 e. The van der Waals surface area contributed by atoms with E-state index >= 15 is 0 Å². The molecule has 3 atom stereocenters. The average molecular weight is 229 g/mol. The Morgan fingerprint density at radius 1 is 1.44 bits per heavy atom. The molecule has 0 amide bonds. The molecule has 0 radical (unpaired) electrons. The van der Waals surface area contributed by atoms with Gasteiger partial charge in [-0.25, -0.2) is 0 Å². The third kappa shape index (κ3) is 4.04. The fourth-order valence-electron chi connectivity index (χ4n) is 2.61. The molecule has 1 saturated heterocycles. The number of ether oxygens (including phenoxy) is 2. The van der Waals surface area contributed by atoms with Crippen LogP contribution in [0.25, 0.3) is 0 Å². The van der Waals surface area contributed by atoms with E-state index in [9.17, 15) is 0 Å². The first kappa shape index (κ1) is 13.9. The maximum Gasteiger partial charge on any atom is 0.0746 e. The molecular weight excluding hydrogens is 202 g/mol. The van der Waals surface area contributed by atoms with Crippen LogP contribution in [-0.2, 0) is 9.47 Å². The minimum absolute atomic E-state index is 0.298. The summed E-state index contributed by atoms with van der Waals surface area (Å²) in [6, 6.07) is 0.439. The fourth-order valence-corrected chi connectivity index (χ4v) is 2.61. The zero-order valence-corrected chi connectivity index (χ0v) is 11.2. The van der Waals surface area contributed by atoms with Gasteiger partial charge < -0.3 is 14.8 Å². The topological polar surface area (TPSA) is 30.5 Å². The Labute approximate surface area is 99.9 Å². The monoisotopic (exact) mass is 229 g/mol. The van der Waals surface area contributed by atoms with Crippen LogP contribution in [0.4, 0.5) is 0 Å². The summed E-state index contributed by atoms with van der Waals surface area (Å²) in [6.45, 7) is 5.38. The van der Waals surface area contributed by atoms with Crippen LogP contribution in [0.15, 0.2) is 0 Å². The molecule has 0 saturated carbocycles. The van der Waals surface area contributed by atoms with Gasteiger partial charge in [-0.1, -0.05) is 13.8 Å². The van der Waals surface area contributed by atoms with Gasteiger partial charge in [-0.3, -0.25) is 0 Å². The zero-order valence-electron chi connectivity index (χ0n) is 11.2. The van der Waals surface area contributed by atoms with Crippen molar-refractivity contribution in [1.29, 1.82) is 0 Å². The summed E-state index contributed by atoms with van der Waals surface area (Å²) in [7, 11) is 3.83. The van der Waals surface area contributed by atoms with E-state index in [1.807, 2.05) is 7.05 Å². The maximum atomic E-state index is 5.65. The Balaban J connectivity index is 2.34. The average Bonchev–Trinajstić information content (AvgIpc) is 2.76. The lowest BCUT2D eigenvalue weighted by Gasteiger charge is -2.29. The number of rotatable bonds is 7. The Bertz CT molecular complexity index is 179. The van der Waals surface area contributed by atoms with Gasteiger partial charge >= 0.3 is 0 Å². The van der Waals surface area contributed by atoms with E-state index in [2.05, 4.69) is 19.2 Å². The molecule has 1 N–H and O–H groups in total. The quantitative estimate of drug-likeness (QED) is 0.726. The van der Waals surface area contributed by atoms with Crippen LogP contribution in [0.3, 0.4) is 0 Å². The zero-order chi connectivity index (χ0) is 12.0. The SMILES string of the molecule is CNC(CCC1CCCO1)C(OC)C(C)C. The number of methoxy groups -OCH3 is 1. The predicted octanol–water partition coefficient (Wildman–Crippen LogP) is 2.20. The second-order valence-corrected chi connectivity index (χ2v) is 5.05. The molecule has 16 heavy (non-hydrogen) atoms. The number of hydrogen-bond acceptors (Lipinski definition) is 3. The molecule has 1 fully saturated rings. The largest absolute Gasteiger partial charge is 0.380 e. The van der Waals surface area contributed by atoms with E-state index in [0.29, 0.717) is 24.2 Å². The number of hydrogen-bond donors (Lipinski definition) is 1. The van der Waals surface area contributed by atoms with Crippen LogP contribution in [0.1, 0.15) is 39.5 Å². The molecular formula is C13H27NO2. The Hall–Kier alpha value is -0.120. The van der Waals surface area contributed by atoms with Crippen molar-refractivity contribution in [1.82, 2.24) is 5.32 Å². The van der Waals surface area contributed by atoms with E-state index in [0.717, 1.165) is 19.4 Å². The van der Waals surface area contributed by atoms with Crippen molar-refractivity contribution in [2.75, 3.05) is 20.8 Å². The Kier molecular flexibility index (Phi) is 6.32. The van der Waals surface area contributed by atoms with Crippen molar-refractivity contribution < 1.29 is 9.47 Å². The van der Waals surface area contributed by atoms with E-state index in [4.69, 9.17) is 9.47 Å². The van der Waals surface area contributed by atoms with Gasteiger partial charge in [-0.05, 0) is 38.6 Å². The molecule has 0 aromatic rings. The van der Waals surface area contributed by atoms with Crippen molar-refractivity contribution in [3.8, 4) is 0 Å². The predicted molar refractivity (Wildman–Crippen MR) is 66.7 cm³/mol. The molecule has 0 aliphatic carbocycles. The summed E-state index contributed by atoms with van der Waals surface area (Å²) in [5.74, 6) is 0.548. The molecule has 1 rings (SSSR count). The fraction of sp³-hybridized carbons (Fsp3) is 1.00. The van der Waals surface area contributed by atoms with E-state index in [1.54, 1.807) is 7.11 Å². The molecule has 3 unspecified atom stereocenters. The van der Waals surface area contributed by atoms with Gasteiger partial charge in [0.05, 0.1) is 12.2 Å². The van der Waals surface area contributed by atoms with Crippen LogP contribution < -0.4 is 5.32 Å². The third-order valence-electron chi connectivity index (χ3n) is 3.52. The summed E-state index contributed by atoms with van der Waals surface area (Å²) >= 11 is 0. The highest BCUT2D eigenvalue weighted by atomic mass is 16.5. The van der Waals surface area contributed by atoms with Crippen molar-refractivity contribution in [3.63, 3.8) is 0 Å². The highest BCUT2D eigenvalue weighted by Crippen LogP contribution is 2.20. The molecule has 0 aromatic heterocycles. The third-order valence-corrected chi connectivity index (χ3v) is 3.52. The van der Waals surface area contributed by atoms with Gasteiger partial charge in [0.25, 0.3) is 0 Å². The lowest BCUT2D eigenvalue weighted by Crippen LogP contribution is -2.42. The summed E-state index contributed by atoms with van der Waals surface area (Å²) < 4.78 is 11.2. The van der Waals surface area contributed by atoms with Gasteiger partial charge in [0.2, 0.25) is 0 Å². The molecule has 3 heteroatoms. The van der Waals surface area contributed by atoms with E-state index in [-0.39, 0.29) is 0 Å². The standard InChI is InChI=1S/C13H27NO2/c1-10(2)13(15-4)12(14-3)8-7-11-6-5-9-16-11/h10-14H,5-9H2,1-4H3. The van der Waals surface area contributed by atoms with Crippen LogP contribution >= 0.6 is 0 Å². The summed E-state index contributed by atoms with van der Waals surface area (Å²) in [5, 5.41) is 3.38. The molecule has 3 nitrogen and oxygen atoms in total. The molecule has 1 heterocycles. The van der Waals surface area contributed by atoms with Crippen LogP contribution in [-0.4, -0.2) is 39.0 Å². The Morgan fingerprint density at radius 3 is 2.62 bits per heavy atom. The summed E-state index contributed by atoms with van der Waals surface area (Å²) in [6.07, 6.45) is 5.53. The van der Waals surface area contributed by atoms with Gasteiger partial charge in [-0.2, -0.15) is 0 Å². The first-order chi connectivity index (χ1) is 7.69. The van der Waals surface area contributed by atoms with Crippen molar-refractivity contribution in [2.24, 2.45) is 5.92 Å². The van der Waals surface area contributed by atoms with Crippen molar-refractivity contribution in [2.45, 2.75) is 57.8 Å². The van der Waals surface area contributed by atoms with Gasteiger partial charge in [0, 0.05) is 19.8 Å². The first-order valence-electron chi connectivity index (χ1n) is 6.50. The molecule has 96 valence electrons. The number of likely N-dealkylation sites (N-methyl/N-ethyl adjacent to an activating group) is 1. The van der Waals surface area contributed by atoms with Crippen molar-refractivity contribution >= 4 is 0 Å². The van der Waals surface area contributed by atoms with Gasteiger partial charge in [0.1, 0.15) is 0 Å². The normalized spacial score (nSPS) is 24.9. The maximum absolute atomic E-state index is 5.65. The first-order valence-corrected chi connectivity index (χ1v) is 6.50. The molecule has 0 bridgehead atoms. The number of nitrogens with one attached hydrogen (secondary N) is 1.